The summed E-state index contributed by atoms with van der Waals surface area (Å²) in [5.74, 6) is -2.59. The van der Waals surface area contributed by atoms with Crippen LogP contribution in [-0.2, 0) is 33.9 Å². The summed E-state index contributed by atoms with van der Waals surface area (Å²) in [4.78, 5) is 51.1. The zero-order chi connectivity index (χ0) is 36.0. The highest BCUT2D eigenvalue weighted by Gasteiger charge is 2.54. The summed E-state index contributed by atoms with van der Waals surface area (Å²) in [5.41, 5.74) is -0.418. The highest BCUT2D eigenvalue weighted by Crippen LogP contribution is 2.46. The predicted molar refractivity (Wildman–Crippen MR) is 184 cm³/mol. The lowest BCUT2D eigenvalue weighted by Crippen LogP contribution is -2.53. The van der Waals surface area contributed by atoms with Crippen LogP contribution in [0.1, 0.15) is 85.5 Å². The minimum absolute atomic E-state index is 0.0277. The average molecular weight is 693 g/mol. The zero-order valence-corrected chi connectivity index (χ0v) is 30.9. The van der Waals surface area contributed by atoms with E-state index in [9.17, 15) is 27.6 Å². The van der Waals surface area contributed by atoms with Gasteiger partial charge in [-0.3, -0.25) is 14.4 Å². The number of hydrogen-bond acceptors (Lipinski definition) is 9. The van der Waals surface area contributed by atoms with E-state index in [1.54, 1.807) is 0 Å². The number of carbonyl (C=O) groups is 4. The molecule has 4 unspecified atom stereocenters. The van der Waals surface area contributed by atoms with Gasteiger partial charge in [0, 0.05) is 27.4 Å². The number of ether oxygens (including phenoxy) is 2. The molecule has 1 N–H and O–H groups in total. The first-order valence-electron chi connectivity index (χ1n) is 15.9. The summed E-state index contributed by atoms with van der Waals surface area (Å²) >= 11 is 1.85. The fraction of sp³-hybridized carbons (Fsp3) is 0.657. The number of Topliss-reactive ketones (excluding diaryl/α,β-unsaturated/α-hetero) is 1. The number of terminal acetylenes is 1. The van der Waals surface area contributed by atoms with Crippen LogP contribution in [0.5, 0.6) is 0 Å². The molecule has 1 heterocycles. The van der Waals surface area contributed by atoms with Gasteiger partial charge in [-0.1, -0.05) is 62.3 Å². The normalized spacial score (nSPS) is 21.8. The van der Waals surface area contributed by atoms with Crippen molar-refractivity contribution in [3.63, 3.8) is 0 Å². The molecule has 0 bridgehead atoms. The van der Waals surface area contributed by atoms with Crippen molar-refractivity contribution in [1.82, 2.24) is 9.62 Å². The largest absolute Gasteiger partial charge is 0.460 e. The number of benzene rings is 1. The lowest BCUT2D eigenvalue weighted by atomic mass is 9.81. The molecule has 1 aliphatic heterocycles. The van der Waals surface area contributed by atoms with Gasteiger partial charge in [-0.25, -0.2) is 17.5 Å². The second kappa shape index (κ2) is 16.0. The van der Waals surface area contributed by atoms with E-state index < -0.39 is 45.7 Å². The number of piperidine rings is 1. The van der Waals surface area contributed by atoms with Gasteiger partial charge in [0.15, 0.2) is 5.78 Å². The first-order chi connectivity index (χ1) is 21.7. The summed E-state index contributed by atoms with van der Waals surface area (Å²) in [6.45, 7) is 18.7. The molecule has 0 radical (unpaired) electrons. The van der Waals surface area contributed by atoms with Gasteiger partial charge in [0.1, 0.15) is 6.61 Å². The second-order valence-corrected chi connectivity index (χ2v) is 19.0. The lowest BCUT2D eigenvalue weighted by molar-refractivity contribution is -0.145. The minimum Gasteiger partial charge on any atom is -0.460 e. The molecule has 1 aromatic rings. The Morgan fingerprint density at radius 3 is 2.09 bits per heavy atom. The molecular weight excluding hydrogens is 641 g/mol. The Morgan fingerprint density at radius 2 is 1.51 bits per heavy atom. The van der Waals surface area contributed by atoms with Gasteiger partial charge in [0.25, 0.3) is 10.0 Å². The number of nitrogens with zero attached hydrogens (tertiary/aromatic N) is 1. The smallest absolute Gasteiger partial charge is 0.338 e. The fourth-order valence-corrected chi connectivity index (χ4v) is 10.4. The highest BCUT2D eigenvalue weighted by molar-refractivity contribution is 8.01. The quantitative estimate of drug-likeness (QED) is 0.173. The fourth-order valence-electron chi connectivity index (χ4n) is 6.95. The molecule has 1 aromatic carbocycles. The van der Waals surface area contributed by atoms with E-state index in [2.05, 4.69) is 52.8 Å². The number of ketones is 1. The van der Waals surface area contributed by atoms with Gasteiger partial charge in [0.05, 0.1) is 36.1 Å². The van der Waals surface area contributed by atoms with Crippen LogP contribution in [0.4, 0.5) is 0 Å². The van der Waals surface area contributed by atoms with Crippen LogP contribution in [0.25, 0.3) is 0 Å². The van der Waals surface area contributed by atoms with E-state index >= 15 is 0 Å². The molecule has 2 fully saturated rings. The van der Waals surface area contributed by atoms with E-state index in [1.165, 1.54) is 24.3 Å². The van der Waals surface area contributed by atoms with Crippen molar-refractivity contribution >= 4 is 45.4 Å². The number of hydrogen-bond donors (Lipinski definition) is 1. The molecule has 10 nitrogen and oxygen atoms in total. The molecule has 262 valence electrons. The predicted octanol–water partition coefficient (Wildman–Crippen LogP) is 4.96. The number of fused-ring (bicyclic) bond motifs is 1. The first kappa shape index (κ1) is 40.3. The Bertz CT molecular complexity index is 1410. The Kier molecular flexibility index (Phi) is 13.7. The molecule has 3 rings (SSSR count). The Hall–Kier alpha value is -2.88. The van der Waals surface area contributed by atoms with Gasteiger partial charge in [-0.05, 0) is 48.9 Å². The number of amides is 2. The summed E-state index contributed by atoms with van der Waals surface area (Å²) < 4.78 is 38.0. The molecule has 12 heteroatoms. The Labute approximate surface area is 285 Å². The Morgan fingerprint density at radius 1 is 0.936 bits per heavy atom. The monoisotopic (exact) mass is 692 g/mol. The number of esters is 1. The number of rotatable bonds is 13. The molecule has 0 aromatic heterocycles. The summed E-state index contributed by atoms with van der Waals surface area (Å²) in [5, 5.41) is 2.92. The van der Waals surface area contributed by atoms with Gasteiger partial charge >= 0.3 is 5.97 Å². The third-order valence-electron chi connectivity index (χ3n) is 8.29. The number of nitrogens with one attached hydrogen (secondary N) is 1. The average Bonchev–Trinajstić information content (AvgIpc) is 3.27. The standard InChI is InChI=1S/C33H50N2O8S2.C2H2/c1-21-18-22(2)27-26(21)25(36)19-35(28(27)37)45(40,41)24-12-10-23(11-13-24)29(38)43-17-16-42-15-14-34-30(39)32(6,7)20-33(8,9)44-31(3,4)5;1-2/h10-13,21-22,26-27H,14-20H2,1-9H3,(H,34,39);1-2H. The number of sulfonamides is 1. The lowest BCUT2D eigenvalue weighted by Gasteiger charge is -2.37. The van der Waals surface area contributed by atoms with Gasteiger partial charge < -0.3 is 14.8 Å². The van der Waals surface area contributed by atoms with Crippen molar-refractivity contribution < 1.29 is 37.1 Å². The second-order valence-electron chi connectivity index (χ2n) is 14.6. The van der Waals surface area contributed by atoms with Crippen LogP contribution in [0.2, 0.25) is 0 Å². The summed E-state index contributed by atoms with van der Waals surface area (Å²) in [6.07, 6.45) is 9.42. The van der Waals surface area contributed by atoms with E-state index in [0.29, 0.717) is 23.7 Å². The first-order valence-corrected chi connectivity index (χ1v) is 18.2. The molecule has 1 saturated carbocycles. The molecule has 47 heavy (non-hydrogen) atoms. The van der Waals surface area contributed by atoms with Gasteiger partial charge in [-0.15, -0.1) is 24.6 Å². The third-order valence-corrected chi connectivity index (χ3v) is 11.4. The van der Waals surface area contributed by atoms with Crippen molar-refractivity contribution in [2.45, 2.75) is 89.5 Å². The molecule has 4 atom stereocenters. The molecule has 2 aliphatic rings. The summed E-state index contributed by atoms with van der Waals surface area (Å²) in [7, 11) is -4.27. The van der Waals surface area contributed by atoms with E-state index in [1.807, 2.05) is 39.5 Å². The van der Waals surface area contributed by atoms with Crippen molar-refractivity contribution in [2.75, 3.05) is 32.9 Å². The van der Waals surface area contributed by atoms with Crippen LogP contribution >= 0.6 is 11.8 Å². The van der Waals surface area contributed by atoms with Gasteiger partial charge in [0.2, 0.25) is 11.8 Å². The molecular formula is C35H52N2O8S2. The molecule has 2 amide bonds. The van der Waals surface area contributed by atoms with Gasteiger partial charge in [-0.2, -0.15) is 0 Å². The van der Waals surface area contributed by atoms with Crippen LogP contribution in [0.3, 0.4) is 0 Å². The van der Waals surface area contributed by atoms with Crippen LogP contribution in [0, 0.1) is 41.9 Å². The van der Waals surface area contributed by atoms with E-state index in [-0.39, 0.29) is 63.3 Å². The maximum absolute atomic E-state index is 13.3. The summed E-state index contributed by atoms with van der Waals surface area (Å²) in [6, 6.07) is 5.10. The van der Waals surface area contributed by atoms with Crippen LogP contribution in [0.15, 0.2) is 29.2 Å². The van der Waals surface area contributed by atoms with Crippen molar-refractivity contribution in [3.8, 4) is 12.8 Å². The van der Waals surface area contributed by atoms with Crippen LogP contribution < -0.4 is 5.32 Å². The van der Waals surface area contributed by atoms with Crippen molar-refractivity contribution in [2.24, 2.45) is 29.1 Å². The topological polar surface area (TPSA) is 136 Å². The maximum atomic E-state index is 13.3. The van der Waals surface area contributed by atoms with Crippen LogP contribution in [-0.4, -0.2) is 78.7 Å². The number of thioether (sulfide) groups is 1. The maximum Gasteiger partial charge on any atom is 0.338 e. The van der Waals surface area contributed by atoms with E-state index in [4.69, 9.17) is 9.47 Å². The molecule has 1 saturated heterocycles. The van der Waals surface area contributed by atoms with Crippen molar-refractivity contribution in [3.05, 3.63) is 29.8 Å². The Balaban J connectivity index is 0.00000376. The zero-order valence-electron chi connectivity index (χ0n) is 29.3. The minimum atomic E-state index is -4.27. The van der Waals surface area contributed by atoms with Crippen molar-refractivity contribution in [1.29, 1.82) is 0 Å². The third kappa shape index (κ3) is 10.6. The molecule has 1 aliphatic carbocycles. The van der Waals surface area contributed by atoms with E-state index in [0.717, 1.165) is 0 Å². The molecule has 0 spiro atoms. The number of carbonyl (C=O) groups excluding carboxylic acids is 4. The highest BCUT2D eigenvalue weighted by atomic mass is 32.2. The SMILES string of the molecule is C#C.CC1CC(C)C2C(=O)N(S(=O)(=O)c3ccc(C(=O)OCCOCCNC(=O)C(C)(C)CC(C)(C)SC(C)(C)C)cc3)CC(=O)C12.